The molecule has 0 aromatic heterocycles. The number of fused-ring (bicyclic) bond motifs is 2. The molecule has 4 heteroatoms. The summed E-state index contributed by atoms with van der Waals surface area (Å²) in [5.41, 5.74) is 0. The van der Waals surface area contributed by atoms with Crippen molar-refractivity contribution in [3.8, 4) is 0 Å². The Labute approximate surface area is 118 Å². The van der Waals surface area contributed by atoms with E-state index in [4.69, 9.17) is 0 Å². The number of aliphatic carboxylic acids is 1. The van der Waals surface area contributed by atoms with Gasteiger partial charge in [-0.3, -0.25) is 9.69 Å². The molecule has 0 radical (unpaired) electrons. The number of hydrogen-bond acceptors (Lipinski definition) is 3. The smallest absolute Gasteiger partial charge is 0.309 e. The SMILES string of the molecule is CN1C2CCC1[C@@H](C(=O)O)[C@H](Sc1ccccc1)C2. The van der Waals surface area contributed by atoms with E-state index in [1.165, 1.54) is 4.90 Å². The van der Waals surface area contributed by atoms with Gasteiger partial charge in [0.2, 0.25) is 0 Å². The molecule has 2 unspecified atom stereocenters. The third-order valence-electron chi connectivity index (χ3n) is 4.53. The molecule has 0 spiro atoms. The molecule has 2 bridgehead atoms. The minimum absolute atomic E-state index is 0.202. The summed E-state index contributed by atoms with van der Waals surface area (Å²) >= 11 is 1.74. The van der Waals surface area contributed by atoms with E-state index in [9.17, 15) is 9.90 Å². The van der Waals surface area contributed by atoms with Gasteiger partial charge >= 0.3 is 5.97 Å². The topological polar surface area (TPSA) is 40.5 Å². The van der Waals surface area contributed by atoms with Crippen molar-refractivity contribution in [2.24, 2.45) is 5.92 Å². The van der Waals surface area contributed by atoms with Crippen LogP contribution in [0.5, 0.6) is 0 Å². The van der Waals surface area contributed by atoms with Crippen LogP contribution in [0.25, 0.3) is 0 Å². The van der Waals surface area contributed by atoms with Crippen LogP contribution in [-0.2, 0) is 4.79 Å². The molecule has 2 heterocycles. The summed E-state index contributed by atoms with van der Waals surface area (Å²) < 4.78 is 0. The van der Waals surface area contributed by atoms with E-state index in [0.717, 1.165) is 19.3 Å². The van der Waals surface area contributed by atoms with E-state index in [1.54, 1.807) is 11.8 Å². The summed E-state index contributed by atoms with van der Waals surface area (Å²) in [4.78, 5) is 15.1. The van der Waals surface area contributed by atoms with Crippen LogP contribution in [0.4, 0.5) is 0 Å². The van der Waals surface area contributed by atoms with Crippen molar-refractivity contribution in [1.82, 2.24) is 4.90 Å². The molecule has 0 saturated carbocycles. The Bertz CT molecular complexity index is 464. The predicted octanol–water partition coefficient (Wildman–Crippen LogP) is 2.71. The standard InChI is InChI=1S/C15H19NO2S/c1-16-10-7-8-12(16)14(15(17)18)13(9-10)19-11-5-3-2-4-6-11/h2-6,10,12-14H,7-9H2,1H3,(H,17,18)/t10?,12?,13-,14-/m1/s1. The van der Waals surface area contributed by atoms with Gasteiger partial charge in [-0.15, -0.1) is 11.8 Å². The molecule has 0 amide bonds. The van der Waals surface area contributed by atoms with Gasteiger partial charge in [0, 0.05) is 22.2 Å². The maximum Gasteiger partial charge on any atom is 0.309 e. The van der Waals surface area contributed by atoms with Gasteiger partial charge in [0.15, 0.2) is 0 Å². The zero-order valence-corrected chi connectivity index (χ0v) is 11.8. The molecule has 1 N–H and O–H groups in total. The minimum Gasteiger partial charge on any atom is -0.481 e. The number of benzene rings is 1. The molecular weight excluding hydrogens is 258 g/mol. The minimum atomic E-state index is -0.634. The molecule has 3 rings (SSSR count). The number of thioether (sulfide) groups is 1. The van der Waals surface area contributed by atoms with Crippen molar-refractivity contribution in [3.05, 3.63) is 30.3 Å². The van der Waals surface area contributed by atoms with Gasteiger partial charge in [-0.05, 0) is 38.4 Å². The summed E-state index contributed by atoms with van der Waals surface area (Å²) in [7, 11) is 2.08. The average molecular weight is 277 g/mol. The van der Waals surface area contributed by atoms with Crippen LogP contribution < -0.4 is 0 Å². The molecule has 3 nitrogen and oxygen atoms in total. The van der Waals surface area contributed by atoms with Crippen molar-refractivity contribution in [1.29, 1.82) is 0 Å². The molecule has 0 aliphatic carbocycles. The third-order valence-corrected chi connectivity index (χ3v) is 5.86. The summed E-state index contributed by atoms with van der Waals surface area (Å²) in [6, 6.07) is 11.0. The van der Waals surface area contributed by atoms with Crippen LogP contribution >= 0.6 is 11.8 Å². The second-order valence-corrected chi connectivity index (χ2v) is 6.85. The van der Waals surface area contributed by atoms with E-state index in [0.29, 0.717) is 6.04 Å². The number of piperidine rings is 1. The van der Waals surface area contributed by atoms with E-state index in [1.807, 2.05) is 18.2 Å². The first-order valence-electron chi connectivity index (χ1n) is 6.83. The van der Waals surface area contributed by atoms with Gasteiger partial charge in [0.05, 0.1) is 5.92 Å². The van der Waals surface area contributed by atoms with Crippen molar-refractivity contribution in [2.45, 2.75) is 41.5 Å². The van der Waals surface area contributed by atoms with Crippen LogP contribution in [0.3, 0.4) is 0 Å². The predicted molar refractivity (Wildman–Crippen MR) is 76.4 cm³/mol. The summed E-state index contributed by atoms with van der Waals surface area (Å²) in [5.74, 6) is -0.875. The Balaban J connectivity index is 1.82. The lowest BCUT2D eigenvalue weighted by Crippen LogP contribution is -2.50. The maximum atomic E-state index is 11.6. The van der Waals surface area contributed by atoms with Gasteiger partial charge in [-0.1, -0.05) is 18.2 Å². The Morgan fingerprint density at radius 3 is 2.74 bits per heavy atom. The number of carboxylic acid groups (broad SMARTS) is 1. The fourth-order valence-electron chi connectivity index (χ4n) is 3.54. The highest BCUT2D eigenvalue weighted by atomic mass is 32.2. The summed E-state index contributed by atoms with van der Waals surface area (Å²) in [6.45, 7) is 0. The highest BCUT2D eigenvalue weighted by Crippen LogP contribution is 2.44. The highest BCUT2D eigenvalue weighted by Gasteiger charge is 2.49. The van der Waals surface area contributed by atoms with Crippen LogP contribution in [0.2, 0.25) is 0 Å². The zero-order chi connectivity index (χ0) is 13.4. The fraction of sp³-hybridized carbons (Fsp3) is 0.533. The molecule has 2 fully saturated rings. The molecule has 1 aromatic carbocycles. The first-order valence-corrected chi connectivity index (χ1v) is 7.71. The quantitative estimate of drug-likeness (QED) is 0.922. The molecule has 1 aromatic rings. The lowest BCUT2D eigenvalue weighted by Gasteiger charge is -2.40. The highest BCUT2D eigenvalue weighted by molar-refractivity contribution is 8.00. The van der Waals surface area contributed by atoms with E-state index < -0.39 is 5.97 Å². The average Bonchev–Trinajstić information content (AvgIpc) is 2.63. The Kier molecular flexibility index (Phi) is 3.54. The van der Waals surface area contributed by atoms with Crippen molar-refractivity contribution < 1.29 is 9.90 Å². The number of hydrogen-bond donors (Lipinski definition) is 1. The van der Waals surface area contributed by atoms with Gasteiger partial charge in [-0.2, -0.15) is 0 Å². The van der Waals surface area contributed by atoms with Gasteiger partial charge in [0.1, 0.15) is 0 Å². The molecule has 2 saturated heterocycles. The molecule has 19 heavy (non-hydrogen) atoms. The molecule has 4 atom stereocenters. The van der Waals surface area contributed by atoms with Crippen molar-refractivity contribution in [3.63, 3.8) is 0 Å². The van der Waals surface area contributed by atoms with Crippen LogP contribution in [0.15, 0.2) is 35.2 Å². The van der Waals surface area contributed by atoms with Crippen LogP contribution in [0.1, 0.15) is 19.3 Å². The van der Waals surface area contributed by atoms with E-state index >= 15 is 0 Å². The molecule has 102 valence electrons. The molecule has 2 aliphatic rings. The van der Waals surface area contributed by atoms with Crippen LogP contribution in [-0.4, -0.2) is 40.4 Å². The Morgan fingerprint density at radius 2 is 2.05 bits per heavy atom. The number of rotatable bonds is 3. The van der Waals surface area contributed by atoms with Gasteiger partial charge in [-0.25, -0.2) is 0 Å². The van der Waals surface area contributed by atoms with E-state index in [2.05, 4.69) is 24.1 Å². The third kappa shape index (κ3) is 2.39. The fourth-order valence-corrected chi connectivity index (χ4v) is 4.97. The molecule has 2 aliphatic heterocycles. The van der Waals surface area contributed by atoms with Gasteiger partial charge in [0.25, 0.3) is 0 Å². The zero-order valence-electron chi connectivity index (χ0n) is 11.0. The summed E-state index contributed by atoms with van der Waals surface area (Å²) in [6.07, 6.45) is 3.17. The molecular formula is C15H19NO2S. The Morgan fingerprint density at radius 1 is 1.32 bits per heavy atom. The van der Waals surface area contributed by atoms with Gasteiger partial charge < -0.3 is 5.11 Å². The lowest BCUT2D eigenvalue weighted by molar-refractivity contribution is -0.145. The maximum absolute atomic E-state index is 11.6. The van der Waals surface area contributed by atoms with Crippen LogP contribution in [0, 0.1) is 5.92 Å². The first-order chi connectivity index (χ1) is 9.16. The lowest BCUT2D eigenvalue weighted by atomic mass is 9.90. The first kappa shape index (κ1) is 13.0. The second kappa shape index (κ2) is 5.17. The number of carbonyl (C=O) groups is 1. The number of carboxylic acids is 1. The Hall–Kier alpha value is -1.00. The summed E-state index contributed by atoms with van der Waals surface area (Å²) in [5, 5.41) is 9.79. The van der Waals surface area contributed by atoms with Crippen molar-refractivity contribution >= 4 is 17.7 Å². The largest absolute Gasteiger partial charge is 0.481 e. The normalized spacial score (nSPS) is 34.4. The number of nitrogens with zero attached hydrogens (tertiary/aromatic N) is 1. The van der Waals surface area contributed by atoms with Crippen molar-refractivity contribution in [2.75, 3.05) is 7.05 Å². The second-order valence-electron chi connectivity index (χ2n) is 5.53. The monoisotopic (exact) mass is 277 g/mol. The van der Waals surface area contributed by atoms with E-state index in [-0.39, 0.29) is 17.2 Å².